The first kappa shape index (κ1) is 22.2. The zero-order chi connectivity index (χ0) is 23.5. The lowest BCUT2D eigenvalue weighted by Crippen LogP contribution is -2.25. The van der Waals surface area contributed by atoms with Crippen molar-refractivity contribution in [1.82, 2.24) is 4.98 Å². The summed E-state index contributed by atoms with van der Waals surface area (Å²) in [6, 6.07) is 12.7. The van der Waals surface area contributed by atoms with Gasteiger partial charge in [0.25, 0.3) is 5.91 Å². The van der Waals surface area contributed by atoms with Crippen LogP contribution in [0.3, 0.4) is 0 Å². The minimum atomic E-state index is -0.562. The number of thiophene rings is 1. The van der Waals surface area contributed by atoms with Crippen LogP contribution in [0.2, 0.25) is 0 Å². The van der Waals surface area contributed by atoms with Gasteiger partial charge in [-0.15, -0.1) is 0 Å². The SMILES string of the molecule is COC(=O)c1ccc(C(=O)N(/N=C/c2ccc([N+](=O)[O-])s2)c2nc3ccc(F)cc3s2)cc1. The molecule has 0 atom stereocenters. The highest BCUT2D eigenvalue weighted by atomic mass is 32.1. The number of amides is 1. The molecule has 0 aliphatic heterocycles. The van der Waals surface area contributed by atoms with Crippen LogP contribution in [-0.4, -0.2) is 35.1 Å². The summed E-state index contributed by atoms with van der Waals surface area (Å²) >= 11 is 1.96. The van der Waals surface area contributed by atoms with E-state index >= 15 is 0 Å². The normalized spacial score (nSPS) is 11.1. The summed E-state index contributed by atoms with van der Waals surface area (Å²) in [4.78, 5) is 40.1. The number of methoxy groups -OCH3 is 1. The lowest BCUT2D eigenvalue weighted by Gasteiger charge is -2.13. The molecule has 2 heterocycles. The van der Waals surface area contributed by atoms with Crippen LogP contribution in [0.1, 0.15) is 25.6 Å². The van der Waals surface area contributed by atoms with Crippen molar-refractivity contribution in [2.24, 2.45) is 5.10 Å². The number of hydrogen-bond donors (Lipinski definition) is 0. The molecule has 0 fully saturated rings. The Morgan fingerprint density at radius 3 is 2.52 bits per heavy atom. The summed E-state index contributed by atoms with van der Waals surface area (Å²) in [7, 11) is 1.25. The summed E-state index contributed by atoms with van der Waals surface area (Å²) in [5, 5.41) is 16.3. The third-order valence-electron chi connectivity index (χ3n) is 4.36. The highest BCUT2D eigenvalue weighted by Crippen LogP contribution is 2.31. The lowest BCUT2D eigenvalue weighted by molar-refractivity contribution is -0.380. The predicted molar refractivity (Wildman–Crippen MR) is 123 cm³/mol. The van der Waals surface area contributed by atoms with E-state index < -0.39 is 22.6 Å². The fourth-order valence-electron chi connectivity index (χ4n) is 2.78. The zero-order valence-electron chi connectivity index (χ0n) is 16.8. The van der Waals surface area contributed by atoms with Gasteiger partial charge in [-0.25, -0.2) is 14.2 Å². The van der Waals surface area contributed by atoms with E-state index in [2.05, 4.69) is 14.8 Å². The summed E-state index contributed by atoms with van der Waals surface area (Å²) in [6.07, 6.45) is 1.31. The third-order valence-corrected chi connectivity index (χ3v) is 6.32. The van der Waals surface area contributed by atoms with Crippen LogP contribution >= 0.6 is 22.7 Å². The van der Waals surface area contributed by atoms with E-state index in [1.807, 2.05) is 0 Å². The number of nitrogens with zero attached hydrogens (tertiary/aromatic N) is 4. The highest BCUT2D eigenvalue weighted by Gasteiger charge is 2.22. The first-order valence-corrected chi connectivity index (χ1v) is 10.9. The van der Waals surface area contributed by atoms with Crippen molar-refractivity contribution in [2.45, 2.75) is 0 Å². The van der Waals surface area contributed by atoms with Crippen molar-refractivity contribution in [3.8, 4) is 0 Å². The van der Waals surface area contributed by atoms with Gasteiger partial charge >= 0.3 is 11.0 Å². The minimum Gasteiger partial charge on any atom is -0.465 e. The average Bonchev–Trinajstić information content (AvgIpc) is 3.45. The average molecular weight is 484 g/mol. The van der Waals surface area contributed by atoms with Gasteiger partial charge in [0.1, 0.15) is 5.82 Å². The van der Waals surface area contributed by atoms with E-state index in [1.54, 1.807) is 0 Å². The van der Waals surface area contributed by atoms with Crippen LogP contribution in [0.4, 0.5) is 14.5 Å². The Hall–Kier alpha value is -4.03. The number of nitro groups is 1. The number of aromatic nitrogens is 1. The molecule has 0 N–H and O–H groups in total. The van der Waals surface area contributed by atoms with Crippen molar-refractivity contribution in [3.63, 3.8) is 0 Å². The zero-order valence-corrected chi connectivity index (χ0v) is 18.4. The van der Waals surface area contributed by atoms with Crippen molar-refractivity contribution < 1.29 is 23.6 Å². The Kier molecular flexibility index (Phi) is 6.20. The van der Waals surface area contributed by atoms with E-state index in [4.69, 9.17) is 0 Å². The number of halogens is 1. The molecule has 0 aliphatic carbocycles. The smallest absolute Gasteiger partial charge is 0.337 e. The number of hydrazone groups is 1. The van der Waals surface area contributed by atoms with Gasteiger partial charge in [0.05, 0.1) is 38.9 Å². The molecule has 0 spiro atoms. The van der Waals surface area contributed by atoms with Gasteiger partial charge in [-0.3, -0.25) is 14.9 Å². The van der Waals surface area contributed by atoms with Gasteiger partial charge < -0.3 is 4.74 Å². The molecule has 0 saturated heterocycles. The van der Waals surface area contributed by atoms with E-state index in [0.717, 1.165) is 27.7 Å². The lowest BCUT2D eigenvalue weighted by atomic mass is 10.1. The second-order valence-corrected chi connectivity index (χ2v) is 8.57. The van der Waals surface area contributed by atoms with Crippen LogP contribution in [0.25, 0.3) is 10.2 Å². The van der Waals surface area contributed by atoms with Crippen LogP contribution in [0.15, 0.2) is 59.7 Å². The largest absolute Gasteiger partial charge is 0.465 e. The number of hydrogen-bond acceptors (Lipinski definition) is 9. The van der Waals surface area contributed by atoms with E-state index in [-0.39, 0.29) is 21.3 Å². The van der Waals surface area contributed by atoms with Crippen LogP contribution in [-0.2, 0) is 4.74 Å². The summed E-state index contributed by atoms with van der Waals surface area (Å²) < 4.78 is 18.8. The van der Waals surface area contributed by atoms with E-state index in [1.165, 1.54) is 67.9 Å². The van der Waals surface area contributed by atoms with Crippen molar-refractivity contribution in [2.75, 3.05) is 12.1 Å². The van der Waals surface area contributed by atoms with Gasteiger partial charge in [0.2, 0.25) is 5.13 Å². The number of esters is 1. The topological polar surface area (TPSA) is 115 Å². The molecule has 9 nitrogen and oxygen atoms in total. The molecule has 2 aromatic heterocycles. The molecular weight excluding hydrogens is 471 g/mol. The number of fused-ring (bicyclic) bond motifs is 1. The molecule has 12 heteroatoms. The molecule has 0 unspecified atom stereocenters. The maximum atomic E-state index is 13.6. The summed E-state index contributed by atoms with van der Waals surface area (Å²) in [5.74, 6) is -1.55. The van der Waals surface area contributed by atoms with Crippen molar-refractivity contribution in [1.29, 1.82) is 0 Å². The van der Waals surface area contributed by atoms with Gasteiger partial charge in [-0.2, -0.15) is 10.1 Å². The number of carbonyl (C=O) groups is 2. The molecule has 2 aromatic carbocycles. The molecule has 166 valence electrons. The molecule has 1 amide bonds. The molecule has 0 aliphatic rings. The van der Waals surface area contributed by atoms with Crippen LogP contribution < -0.4 is 5.01 Å². The van der Waals surface area contributed by atoms with Crippen molar-refractivity contribution >= 4 is 61.1 Å². The maximum Gasteiger partial charge on any atom is 0.337 e. The molecule has 0 radical (unpaired) electrons. The quantitative estimate of drug-likeness (QED) is 0.167. The van der Waals surface area contributed by atoms with Gasteiger partial charge in [-0.05, 0) is 48.5 Å². The van der Waals surface area contributed by atoms with Gasteiger partial charge in [0, 0.05) is 11.6 Å². The number of anilines is 1. The number of benzene rings is 2. The molecule has 0 bridgehead atoms. The fraction of sp³-hybridized carbons (Fsp3) is 0.0476. The van der Waals surface area contributed by atoms with Crippen LogP contribution in [0, 0.1) is 15.9 Å². The molecular formula is C21H13FN4O5S2. The first-order valence-electron chi connectivity index (χ1n) is 9.23. The number of rotatable bonds is 6. The number of thiazole rings is 1. The van der Waals surface area contributed by atoms with Crippen LogP contribution in [0.5, 0.6) is 0 Å². The third kappa shape index (κ3) is 4.76. The summed E-state index contributed by atoms with van der Waals surface area (Å²) in [5.41, 5.74) is 0.963. The monoisotopic (exact) mass is 484 g/mol. The van der Waals surface area contributed by atoms with E-state index in [9.17, 15) is 24.1 Å². The molecule has 4 rings (SSSR count). The highest BCUT2D eigenvalue weighted by molar-refractivity contribution is 7.22. The van der Waals surface area contributed by atoms with Gasteiger partial charge in [-0.1, -0.05) is 22.7 Å². The second-order valence-electron chi connectivity index (χ2n) is 6.47. The Morgan fingerprint density at radius 1 is 1.12 bits per heavy atom. The Balaban J connectivity index is 1.72. The molecule has 0 saturated carbocycles. The number of carbonyl (C=O) groups excluding carboxylic acids is 2. The predicted octanol–water partition coefficient (Wildman–Crippen LogP) is 4.87. The van der Waals surface area contributed by atoms with Gasteiger partial charge in [0.15, 0.2) is 0 Å². The first-order chi connectivity index (χ1) is 15.9. The standard InChI is InChI=1S/C21H13FN4O5S2/c1-31-20(28)13-4-2-12(3-5-13)19(27)25(23-11-15-7-9-18(32-15)26(29)30)21-24-16-8-6-14(22)10-17(16)33-21/h2-11H,1H3/b23-11+. The number of ether oxygens (including phenoxy) is 1. The summed E-state index contributed by atoms with van der Waals surface area (Å²) in [6.45, 7) is 0. The van der Waals surface area contributed by atoms with Crippen molar-refractivity contribution in [3.05, 3.63) is 86.5 Å². The Morgan fingerprint density at radius 2 is 1.85 bits per heavy atom. The second kappa shape index (κ2) is 9.22. The minimum absolute atomic E-state index is 0.0665. The Bertz CT molecular complexity index is 1400. The molecule has 33 heavy (non-hydrogen) atoms. The maximum absolute atomic E-state index is 13.6. The van der Waals surface area contributed by atoms with E-state index in [0.29, 0.717) is 15.1 Å². The Labute approximate surface area is 193 Å². The molecule has 4 aromatic rings. The fourth-order valence-corrected chi connectivity index (χ4v) is 4.41.